The normalized spacial score (nSPS) is 14.4. The molecule has 18 heavy (non-hydrogen) atoms. The van der Waals surface area contributed by atoms with Gasteiger partial charge in [0, 0.05) is 25.0 Å². The summed E-state index contributed by atoms with van der Waals surface area (Å²) in [6.45, 7) is 0.595. The van der Waals surface area contributed by atoms with Crippen molar-refractivity contribution < 1.29 is 9.21 Å². The summed E-state index contributed by atoms with van der Waals surface area (Å²) in [6, 6.07) is 7.67. The average molecular weight is 242 g/mol. The number of hydrogen-bond acceptors (Lipinski definition) is 3. The summed E-state index contributed by atoms with van der Waals surface area (Å²) in [5.41, 5.74) is 1.05. The molecule has 92 valence electrons. The predicted molar refractivity (Wildman–Crippen MR) is 65.8 cm³/mol. The Morgan fingerprint density at radius 1 is 1.39 bits per heavy atom. The van der Waals surface area contributed by atoms with Gasteiger partial charge in [-0.3, -0.25) is 9.78 Å². The molecule has 1 aliphatic rings. The summed E-state index contributed by atoms with van der Waals surface area (Å²) in [5, 5.41) is 0. The van der Waals surface area contributed by atoms with Crippen molar-refractivity contribution in [2.45, 2.75) is 25.4 Å². The van der Waals surface area contributed by atoms with E-state index in [4.69, 9.17) is 4.42 Å². The molecule has 1 saturated carbocycles. The first-order valence-electron chi connectivity index (χ1n) is 6.08. The maximum atomic E-state index is 12.3. The Morgan fingerprint density at radius 3 is 2.89 bits per heavy atom. The molecular weight excluding hydrogens is 228 g/mol. The predicted octanol–water partition coefficient (Wildman–Crippen LogP) is 2.48. The van der Waals surface area contributed by atoms with Crippen molar-refractivity contribution >= 4 is 5.91 Å². The van der Waals surface area contributed by atoms with Crippen LogP contribution >= 0.6 is 0 Å². The summed E-state index contributed by atoms with van der Waals surface area (Å²) in [7, 11) is 0. The van der Waals surface area contributed by atoms with E-state index in [0.29, 0.717) is 18.3 Å². The zero-order valence-corrected chi connectivity index (χ0v) is 9.95. The van der Waals surface area contributed by atoms with E-state index in [1.807, 2.05) is 17.0 Å². The molecular formula is C14H14N2O2. The van der Waals surface area contributed by atoms with Crippen LogP contribution in [0.5, 0.6) is 0 Å². The minimum Gasteiger partial charge on any atom is -0.459 e. The average Bonchev–Trinajstić information content (AvgIpc) is 3.10. The molecule has 4 nitrogen and oxygen atoms in total. The third kappa shape index (κ3) is 2.27. The molecule has 2 aromatic heterocycles. The van der Waals surface area contributed by atoms with Gasteiger partial charge in [0.05, 0.1) is 6.26 Å². The fraction of sp³-hybridized carbons (Fsp3) is 0.286. The monoisotopic (exact) mass is 242 g/mol. The van der Waals surface area contributed by atoms with E-state index in [1.54, 1.807) is 24.5 Å². The molecule has 2 aromatic rings. The molecule has 0 aliphatic heterocycles. The van der Waals surface area contributed by atoms with Gasteiger partial charge in [0.25, 0.3) is 5.91 Å². The number of pyridine rings is 1. The number of carbonyl (C=O) groups excluding carboxylic acids is 1. The largest absolute Gasteiger partial charge is 0.459 e. The minimum absolute atomic E-state index is 0.0358. The molecule has 0 spiro atoms. The third-order valence-electron chi connectivity index (χ3n) is 3.06. The van der Waals surface area contributed by atoms with Crippen LogP contribution in [0.15, 0.2) is 47.3 Å². The summed E-state index contributed by atoms with van der Waals surface area (Å²) in [5.74, 6) is 0.372. The molecule has 3 rings (SSSR count). The molecule has 0 saturated heterocycles. The van der Waals surface area contributed by atoms with E-state index in [1.165, 1.54) is 6.26 Å². The van der Waals surface area contributed by atoms with Crippen LogP contribution in [0.4, 0.5) is 0 Å². The van der Waals surface area contributed by atoms with Crippen molar-refractivity contribution in [1.82, 2.24) is 9.88 Å². The number of carbonyl (C=O) groups is 1. The Kier molecular flexibility index (Phi) is 2.84. The highest BCUT2D eigenvalue weighted by atomic mass is 16.3. The SMILES string of the molecule is O=C(c1ccco1)N(Cc1cccnc1)C1CC1. The standard InChI is InChI=1S/C14H14N2O2/c17-14(13-4-2-8-18-13)16(12-5-6-12)10-11-3-1-7-15-9-11/h1-4,7-9,12H,5-6,10H2. The molecule has 0 unspecified atom stereocenters. The van der Waals surface area contributed by atoms with Crippen LogP contribution < -0.4 is 0 Å². The maximum absolute atomic E-state index is 12.3. The lowest BCUT2D eigenvalue weighted by Crippen LogP contribution is -2.32. The highest BCUT2D eigenvalue weighted by Crippen LogP contribution is 2.29. The Hall–Kier alpha value is -2.10. The zero-order valence-electron chi connectivity index (χ0n) is 9.95. The molecule has 1 fully saturated rings. The number of rotatable bonds is 4. The van der Waals surface area contributed by atoms with E-state index >= 15 is 0 Å². The number of aromatic nitrogens is 1. The van der Waals surface area contributed by atoms with E-state index in [0.717, 1.165) is 18.4 Å². The summed E-state index contributed by atoms with van der Waals surface area (Å²) in [4.78, 5) is 18.3. The van der Waals surface area contributed by atoms with Gasteiger partial charge in [0.1, 0.15) is 0 Å². The van der Waals surface area contributed by atoms with Crippen molar-refractivity contribution in [1.29, 1.82) is 0 Å². The molecule has 0 N–H and O–H groups in total. The van der Waals surface area contributed by atoms with Crippen LogP contribution in [0.3, 0.4) is 0 Å². The molecule has 0 radical (unpaired) electrons. The highest BCUT2D eigenvalue weighted by molar-refractivity contribution is 5.91. The quantitative estimate of drug-likeness (QED) is 0.827. The van der Waals surface area contributed by atoms with Crippen LogP contribution in [0.25, 0.3) is 0 Å². The van der Waals surface area contributed by atoms with Gasteiger partial charge in [0.2, 0.25) is 0 Å². The molecule has 0 aromatic carbocycles. The third-order valence-corrected chi connectivity index (χ3v) is 3.06. The van der Waals surface area contributed by atoms with Gasteiger partial charge in [-0.2, -0.15) is 0 Å². The Labute approximate surface area is 105 Å². The molecule has 2 heterocycles. The molecule has 1 aliphatic carbocycles. The number of hydrogen-bond donors (Lipinski definition) is 0. The summed E-state index contributed by atoms with van der Waals surface area (Å²) in [6.07, 6.45) is 7.21. The van der Waals surface area contributed by atoms with Crippen LogP contribution in [0.1, 0.15) is 29.0 Å². The van der Waals surface area contributed by atoms with E-state index in [9.17, 15) is 4.79 Å². The Morgan fingerprint density at radius 2 is 2.28 bits per heavy atom. The van der Waals surface area contributed by atoms with Crippen LogP contribution in [-0.4, -0.2) is 21.8 Å². The lowest BCUT2D eigenvalue weighted by atomic mass is 10.2. The second-order valence-electron chi connectivity index (χ2n) is 4.50. The van der Waals surface area contributed by atoms with Gasteiger partial charge >= 0.3 is 0 Å². The smallest absolute Gasteiger partial charge is 0.290 e. The first-order valence-corrected chi connectivity index (χ1v) is 6.08. The van der Waals surface area contributed by atoms with Crippen LogP contribution in [-0.2, 0) is 6.54 Å². The van der Waals surface area contributed by atoms with E-state index in [2.05, 4.69) is 4.98 Å². The molecule has 0 bridgehead atoms. The Balaban J connectivity index is 1.79. The second-order valence-corrected chi connectivity index (χ2v) is 4.50. The number of amides is 1. The first kappa shape index (κ1) is 11.0. The second kappa shape index (κ2) is 4.64. The van der Waals surface area contributed by atoms with Crippen LogP contribution in [0.2, 0.25) is 0 Å². The Bertz CT molecular complexity index is 518. The van der Waals surface area contributed by atoms with Crippen molar-refractivity contribution in [2.75, 3.05) is 0 Å². The fourth-order valence-corrected chi connectivity index (χ4v) is 1.98. The van der Waals surface area contributed by atoms with Gasteiger partial charge < -0.3 is 9.32 Å². The van der Waals surface area contributed by atoms with Gasteiger partial charge in [-0.1, -0.05) is 6.07 Å². The summed E-state index contributed by atoms with van der Waals surface area (Å²) >= 11 is 0. The summed E-state index contributed by atoms with van der Waals surface area (Å²) < 4.78 is 5.19. The van der Waals surface area contributed by atoms with E-state index < -0.39 is 0 Å². The molecule has 4 heteroatoms. The fourth-order valence-electron chi connectivity index (χ4n) is 1.98. The molecule has 0 atom stereocenters. The van der Waals surface area contributed by atoms with Crippen molar-refractivity contribution in [3.8, 4) is 0 Å². The number of furan rings is 1. The van der Waals surface area contributed by atoms with Crippen molar-refractivity contribution in [2.24, 2.45) is 0 Å². The van der Waals surface area contributed by atoms with Gasteiger partial charge in [-0.25, -0.2) is 0 Å². The van der Waals surface area contributed by atoms with Crippen molar-refractivity contribution in [3.05, 3.63) is 54.2 Å². The highest BCUT2D eigenvalue weighted by Gasteiger charge is 2.34. The first-order chi connectivity index (χ1) is 8.84. The lowest BCUT2D eigenvalue weighted by Gasteiger charge is -2.21. The topological polar surface area (TPSA) is 46.3 Å². The van der Waals surface area contributed by atoms with Gasteiger partial charge in [-0.15, -0.1) is 0 Å². The van der Waals surface area contributed by atoms with Gasteiger partial charge in [-0.05, 0) is 36.6 Å². The maximum Gasteiger partial charge on any atom is 0.290 e. The van der Waals surface area contributed by atoms with Crippen LogP contribution in [0, 0.1) is 0 Å². The zero-order chi connectivity index (χ0) is 12.4. The molecule has 1 amide bonds. The lowest BCUT2D eigenvalue weighted by molar-refractivity contribution is 0.0697. The van der Waals surface area contributed by atoms with Crippen molar-refractivity contribution in [3.63, 3.8) is 0 Å². The van der Waals surface area contributed by atoms with E-state index in [-0.39, 0.29) is 5.91 Å². The van der Waals surface area contributed by atoms with Gasteiger partial charge in [0.15, 0.2) is 5.76 Å². The minimum atomic E-state index is -0.0358. The number of nitrogens with zero attached hydrogens (tertiary/aromatic N) is 2.